The van der Waals surface area contributed by atoms with E-state index in [4.69, 9.17) is 9.47 Å². The summed E-state index contributed by atoms with van der Waals surface area (Å²) in [6.07, 6.45) is 1.50. The third-order valence-electron chi connectivity index (χ3n) is 4.66. The zero-order chi connectivity index (χ0) is 20.3. The Balaban J connectivity index is 2.09. The molecule has 0 spiro atoms. The number of para-hydroxylation sites is 1. The van der Waals surface area contributed by atoms with Crippen LogP contribution < -0.4 is 0 Å². The summed E-state index contributed by atoms with van der Waals surface area (Å²) in [6.45, 7) is 1.25. The molecule has 1 aromatic carbocycles. The number of hydrogen-bond donors (Lipinski definition) is 0. The Morgan fingerprint density at radius 3 is 2.64 bits per heavy atom. The zero-order valence-corrected chi connectivity index (χ0v) is 17.0. The molecule has 9 nitrogen and oxygen atoms in total. The maximum absolute atomic E-state index is 13.2. The van der Waals surface area contributed by atoms with Gasteiger partial charge in [0.2, 0.25) is 10.0 Å². The molecule has 0 aliphatic carbocycles. The van der Waals surface area contributed by atoms with Crippen LogP contribution in [0.15, 0.2) is 35.5 Å². The number of fused-ring (bicyclic) bond motifs is 3. The maximum atomic E-state index is 13.2. The molecule has 3 rings (SSSR count). The molecule has 1 aromatic heterocycles. The molecule has 0 fully saturated rings. The van der Waals surface area contributed by atoms with E-state index in [2.05, 4.69) is 4.98 Å². The van der Waals surface area contributed by atoms with Gasteiger partial charge in [0.1, 0.15) is 11.2 Å². The minimum Gasteiger partial charge on any atom is -0.383 e. The van der Waals surface area contributed by atoms with Crippen molar-refractivity contribution in [2.45, 2.75) is 11.4 Å². The van der Waals surface area contributed by atoms with Crippen LogP contribution in [0.2, 0.25) is 0 Å². The minimum absolute atomic E-state index is 0.0273. The largest absolute Gasteiger partial charge is 0.383 e. The van der Waals surface area contributed by atoms with Crippen molar-refractivity contribution < 1.29 is 22.7 Å². The van der Waals surface area contributed by atoms with Gasteiger partial charge in [-0.15, -0.1) is 0 Å². The maximum Gasteiger partial charge on any atom is 0.274 e. The molecular weight excluding hydrogens is 384 g/mol. The summed E-state index contributed by atoms with van der Waals surface area (Å²) in [5.41, 5.74) is 1.23. The molecular formula is C18H24N4O5S. The molecule has 0 bridgehead atoms. The predicted molar refractivity (Wildman–Crippen MR) is 102 cm³/mol. The molecule has 0 saturated carbocycles. The van der Waals surface area contributed by atoms with Crippen molar-refractivity contribution in [3.63, 3.8) is 0 Å². The van der Waals surface area contributed by atoms with Gasteiger partial charge in [-0.2, -0.15) is 4.31 Å². The van der Waals surface area contributed by atoms with Gasteiger partial charge >= 0.3 is 0 Å². The summed E-state index contributed by atoms with van der Waals surface area (Å²) in [4.78, 5) is 18.9. The first kappa shape index (κ1) is 20.5. The van der Waals surface area contributed by atoms with Gasteiger partial charge in [0, 0.05) is 34.4 Å². The number of hydrogen-bond acceptors (Lipinski definition) is 6. The SMILES string of the molecule is COCCN(C)C(=O)c1ncn2c1CN(CCOC)S(=O)(=O)c1ccccc1-2. The van der Waals surface area contributed by atoms with Crippen molar-refractivity contribution in [1.29, 1.82) is 0 Å². The zero-order valence-electron chi connectivity index (χ0n) is 16.2. The van der Waals surface area contributed by atoms with Crippen LogP contribution >= 0.6 is 0 Å². The van der Waals surface area contributed by atoms with Crippen molar-refractivity contribution in [3.05, 3.63) is 42.0 Å². The Labute approximate surface area is 164 Å². The molecule has 1 aliphatic heterocycles. The molecule has 2 heterocycles. The number of imidazole rings is 1. The van der Waals surface area contributed by atoms with Crippen molar-refractivity contribution in [2.24, 2.45) is 0 Å². The Bertz CT molecular complexity index is 957. The number of aromatic nitrogens is 2. The lowest BCUT2D eigenvalue weighted by Gasteiger charge is -2.20. The lowest BCUT2D eigenvalue weighted by molar-refractivity contribution is 0.0737. The quantitative estimate of drug-likeness (QED) is 0.671. The Hall–Kier alpha value is -2.27. The molecule has 0 radical (unpaired) electrons. The number of nitrogens with zero attached hydrogens (tertiary/aromatic N) is 4. The van der Waals surface area contributed by atoms with E-state index in [1.807, 2.05) is 0 Å². The van der Waals surface area contributed by atoms with Crippen LogP contribution in [-0.2, 0) is 26.0 Å². The number of carbonyl (C=O) groups is 1. The van der Waals surface area contributed by atoms with Gasteiger partial charge in [0.15, 0.2) is 5.69 Å². The molecule has 0 N–H and O–H groups in total. The highest BCUT2D eigenvalue weighted by Crippen LogP contribution is 2.31. The summed E-state index contributed by atoms with van der Waals surface area (Å²) < 4.78 is 39.5. The van der Waals surface area contributed by atoms with E-state index >= 15 is 0 Å². The van der Waals surface area contributed by atoms with Crippen molar-refractivity contribution in [1.82, 2.24) is 18.8 Å². The highest BCUT2D eigenvalue weighted by Gasteiger charge is 2.35. The average Bonchev–Trinajstić information content (AvgIpc) is 3.08. The van der Waals surface area contributed by atoms with Crippen molar-refractivity contribution in [2.75, 3.05) is 47.6 Å². The number of carbonyl (C=O) groups excluding carboxylic acids is 1. The van der Waals surface area contributed by atoms with Crippen molar-refractivity contribution in [3.8, 4) is 5.69 Å². The summed E-state index contributed by atoms with van der Waals surface area (Å²) in [5, 5.41) is 0. The highest BCUT2D eigenvalue weighted by molar-refractivity contribution is 7.89. The van der Waals surface area contributed by atoms with Crippen LogP contribution in [0.5, 0.6) is 0 Å². The van der Waals surface area contributed by atoms with E-state index in [0.717, 1.165) is 0 Å². The van der Waals surface area contributed by atoms with Crippen LogP contribution in [0.25, 0.3) is 5.69 Å². The second-order valence-corrected chi connectivity index (χ2v) is 8.33. The number of ether oxygens (including phenoxy) is 2. The first-order valence-corrected chi connectivity index (χ1v) is 10.2. The van der Waals surface area contributed by atoms with E-state index in [0.29, 0.717) is 24.5 Å². The van der Waals surface area contributed by atoms with Crippen LogP contribution in [-0.4, -0.2) is 80.7 Å². The van der Waals surface area contributed by atoms with E-state index < -0.39 is 10.0 Å². The lowest BCUT2D eigenvalue weighted by Crippen LogP contribution is -2.34. The summed E-state index contributed by atoms with van der Waals surface area (Å²) >= 11 is 0. The number of amides is 1. The lowest BCUT2D eigenvalue weighted by atomic mass is 10.2. The number of benzene rings is 1. The standard InChI is InChI=1S/C18H24N4O5S/c1-20(8-10-26-2)18(23)17-15-12-21(9-11-27-3)28(24,25)16-7-5-4-6-14(16)22(15)13-19-17/h4-7,13H,8-12H2,1-3H3. The molecule has 1 aliphatic rings. The third-order valence-corrected chi connectivity index (χ3v) is 6.55. The summed E-state index contributed by atoms with van der Waals surface area (Å²) in [5.74, 6) is -0.283. The Morgan fingerprint density at radius 1 is 1.21 bits per heavy atom. The van der Waals surface area contributed by atoms with E-state index in [1.165, 1.54) is 22.6 Å². The molecule has 152 valence electrons. The second kappa shape index (κ2) is 8.39. The number of methoxy groups -OCH3 is 2. The van der Waals surface area contributed by atoms with Gasteiger partial charge in [-0.1, -0.05) is 12.1 Å². The second-order valence-electron chi connectivity index (χ2n) is 6.43. The van der Waals surface area contributed by atoms with E-state index in [-0.39, 0.29) is 36.2 Å². The number of sulfonamides is 1. The molecule has 0 unspecified atom stereocenters. The molecule has 28 heavy (non-hydrogen) atoms. The van der Waals surface area contributed by atoms with Gasteiger partial charge in [-0.25, -0.2) is 13.4 Å². The van der Waals surface area contributed by atoms with E-state index in [1.54, 1.807) is 43.0 Å². The van der Waals surface area contributed by atoms with Crippen LogP contribution in [0, 0.1) is 0 Å². The number of likely N-dealkylation sites (N-methyl/N-ethyl adjacent to an activating group) is 1. The van der Waals surface area contributed by atoms with Gasteiger partial charge in [0.05, 0.1) is 31.1 Å². The fourth-order valence-electron chi connectivity index (χ4n) is 3.08. The molecule has 2 aromatic rings. The molecule has 0 saturated heterocycles. The Morgan fingerprint density at radius 2 is 1.93 bits per heavy atom. The molecule has 0 atom stereocenters. The highest BCUT2D eigenvalue weighted by atomic mass is 32.2. The molecule has 10 heteroatoms. The van der Waals surface area contributed by atoms with E-state index in [9.17, 15) is 13.2 Å². The van der Waals surface area contributed by atoms with Crippen LogP contribution in [0.1, 0.15) is 16.2 Å². The number of rotatable bonds is 7. The fourth-order valence-corrected chi connectivity index (χ4v) is 4.65. The average molecular weight is 408 g/mol. The molecule has 1 amide bonds. The van der Waals surface area contributed by atoms with Crippen LogP contribution in [0.4, 0.5) is 0 Å². The van der Waals surface area contributed by atoms with Gasteiger partial charge < -0.3 is 14.4 Å². The monoisotopic (exact) mass is 408 g/mol. The fraction of sp³-hybridized carbons (Fsp3) is 0.444. The van der Waals surface area contributed by atoms with Gasteiger partial charge in [0.25, 0.3) is 5.91 Å². The first-order chi connectivity index (χ1) is 13.4. The van der Waals surface area contributed by atoms with Crippen molar-refractivity contribution >= 4 is 15.9 Å². The smallest absolute Gasteiger partial charge is 0.274 e. The predicted octanol–water partition coefficient (Wildman–Crippen LogP) is 0.741. The first-order valence-electron chi connectivity index (χ1n) is 8.81. The summed E-state index contributed by atoms with van der Waals surface area (Å²) in [6, 6.07) is 6.71. The minimum atomic E-state index is -3.75. The Kier molecular flexibility index (Phi) is 6.14. The van der Waals surface area contributed by atoms with Crippen LogP contribution in [0.3, 0.4) is 0 Å². The normalized spacial score (nSPS) is 15.5. The topological polar surface area (TPSA) is 94.0 Å². The third kappa shape index (κ3) is 3.68. The summed E-state index contributed by atoms with van der Waals surface area (Å²) in [7, 11) is 1.000. The van der Waals surface area contributed by atoms with Gasteiger partial charge in [-0.3, -0.25) is 9.36 Å². The van der Waals surface area contributed by atoms with Gasteiger partial charge in [-0.05, 0) is 12.1 Å².